The largest absolute Gasteiger partial charge is 0.384 e. The fraction of sp³-hybridized carbons (Fsp3) is 0.0769. The minimum absolute atomic E-state index is 0.573. The molecule has 2 aromatic carbocycles. The first kappa shape index (κ1) is 12.9. The Bertz CT molecular complexity index is 543. The summed E-state index contributed by atoms with van der Waals surface area (Å²) in [5.74, 6) is 0. The normalized spacial score (nSPS) is 12.5. The van der Waals surface area contributed by atoms with Crippen molar-refractivity contribution in [2.75, 3.05) is 0 Å². The smallest absolute Gasteiger partial charge is 0.104 e. The molecule has 17 heavy (non-hydrogen) atoms. The number of aliphatic hydroxyl groups excluding tert-OH is 1. The third kappa shape index (κ3) is 3.02. The van der Waals surface area contributed by atoms with Crippen molar-refractivity contribution in [1.82, 2.24) is 0 Å². The van der Waals surface area contributed by atoms with E-state index in [0.29, 0.717) is 10.0 Å². The molecule has 0 aliphatic heterocycles. The Morgan fingerprint density at radius 2 is 1.71 bits per heavy atom. The van der Waals surface area contributed by atoms with Crippen molar-refractivity contribution >= 4 is 39.1 Å². The molecule has 1 atom stereocenters. The number of hydrogen-bond acceptors (Lipinski definition) is 1. The fourth-order valence-electron chi connectivity index (χ4n) is 1.55. The monoisotopic (exact) mass is 330 g/mol. The molecule has 0 radical (unpaired) electrons. The van der Waals surface area contributed by atoms with Crippen molar-refractivity contribution in [3.63, 3.8) is 0 Å². The molecule has 0 saturated carbocycles. The van der Waals surface area contributed by atoms with Gasteiger partial charge in [0.1, 0.15) is 6.10 Å². The number of hydrogen-bond donors (Lipinski definition) is 1. The van der Waals surface area contributed by atoms with Crippen molar-refractivity contribution in [3.8, 4) is 0 Å². The maximum Gasteiger partial charge on any atom is 0.104 e. The molecule has 0 aliphatic rings. The van der Waals surface area contributed by atoms with Crippen LogP contribution in [0.5, 0.6) is 0 Å². The lowest BCUT2D eigenvalue weighted by atomic mass is 10.0. The Morgan fingerprint density at radius 3 is 2.35 bits per heavy atom. The Labute approximate surface area is 118 Å². The fourth-order valence-corrected chi connectivity index (χ4v) is 2.19. The number of benzene rings is 2. The van der Waals surface area contributed by atoms with E-state index in [9.17, 15) is 5.11 Å². The van der Waals surface area contributed by atoms with Crippen molar-refractivity contribution in [3.05, 3.63) is 68.1 Å². The molecule has 1 nitrogen and oxygen atoms in total. The molecule has 0 bridgehead atoms. The second-order valence-corrected chi connectivity index (χ2v) is 5.33. The highest BCUT2D eigenvalue weighted by Crippen LogP contribution is 2.29. The maximum atomic E-state index is 10.2. The first-order chi connectivity index (χ1) is 8.08. The van der Waals surface area contributed by atoms with Crippen LogP contribution in [0.4, 0.5) is 0 Å². The SMILES string of the molecule is OC(c1cccc(Cl)c1)c1ccc(Br)c(Cl)c1. The lowest BCUT2D eigenvalue weighted by molar-refractivity contribution is 0.220. The molecule has 0 aromatic heterocycles. The third-order valence-electron chi connectivity index (χ3n) is 2.42. The third-order valence-corrected chi connectivity index (χ3v) is 3.89. The topological polar surface area (TPSA) is 20.2 Å². The predicted octanol–water partition coefficient (Wildman–Crippen LogP) is 4.84. The first-order valence-corrected chi connectivity index (χ1v) is 6.51. The molecule has 1 N–H and O–H groups in total. The number of halogens is 3. The van der Waals surface area contributed by atoms with Crippen molar-refractivity contribution in [2.24, 2.45) is 0 Å². The molecular weight excluding hydrogens is 323 g/mol. The van der Waals surface area contributed by atoms with E-state index < -0.39 is 6.10 Å². The van der Waals surface area contributed by atoms with Gasteiger partial charge in [0.25, 0.3) is 0 Å². The van der Waals surface area contributed by atoms with Gasteiger partial charge in [-0.1, -0.05) is 41.4 Å². The van der Waals surface area contributed by atoms with Gasteiger partial charge >= 0.3 is 0 Å². The highest BCUT2D eigenvalue weighted by Gasteiger charge is 2.11. The summed E-state index contributed by atoms with van der Waals surface area (Å²) in [6.07, 6.45) is -0.723. The molecule has 0 saturated heterocycles. The first-order valence-electron chi connectivity index (χ1n) is 4.96. The molecule has 0 amide bonds. The van der Waals surface area contributed by atoms with E-state index in [1.807, 2.05) is 18.2 Å². The maximum absolute atomic E-state index is 10.2. The molecule has 1 unspecified atom stereocenters. The van der Waals surface area contributed by atoms with Crippen LogP contribution < -0.4 is 0 Å². The van der Waals surface area contributed by atoms with Gasteiger partial charge in [-0.2, -0.15) is 0 Å². The van der Waals surface area contributed by atoms with Gasteiger partial charge in [-0.15, -0.1) is 0 Å². The van der Waals surface area contributed by atoms with Crippen molar-refractivity contribution < 1.29 is 5.11 Å². The Hall–Kier alpha value is -0.540. The van der Waals surface area contributed by atoms with Gasteiger partial charge in [0.15, 0.2) is 0 Å². The summed E-state index contributed by atoms with van der Waals surface area (Å²) in [7, 11) is 0. The Balaban J connectivity index is 2.36. The van der Waals surface area contributed by atoms with E-state index in [-0.39, 0.29) is 0 Å². The average Bonchev–Trinajstić information content (AvgIpc) is 2.32. The van der Waals surface area contributed by atoms with Crippen LogP contribution >= 0.6 is 39.1 Å². The van der Waals surface area contributed by atoms with Crippen LogP contribution in [0.1, 0.15) is 17.2 Å². The summed E-state index contributed by atoms with van der Waals surface area (Å²) in [5.41, 5.74) is 1.48. The average molecular weight is 332 g/mol. The van der Waals surface area contributed by atoms with E-state index in [2.05, 4.69) is 15.9 Å². The summed E-state index contributed by atoms with van der Waals surface area (Å²) in [4.78, 5) is 0. The molecule has 88 valence electrons. The predicted molar refractivity (Wildman–Crippen MR) is 74.7 cm³/mol. The summed E-state index contributed by atoms with van der Waals surface area (Å²) < 4.78 is 0.807. The van der Waals surface area contributed by atoms with Gasteiger partial charge in [0.2, 0.25) is 0 Å². The van der Waals surface area contributed by atoms with Gasteiger partial charge in [-0.05, 0) is 51.3 Å². The molecule has 0 aliphatic carbocycles. The van der Waals surface area contributed by atoms with E-state index in [1.54, 1.807) is 24.3 Å². The minimum atomic E-state index is -0.723. The lowest BCUT2D eigenvalue weighted by Gasteiger charge is -2.12. The standard InChI is InChI=1S/C13H9BrCl2O/c14-11-5-4-9(7-12(11)16)13(17)8-2-1-3-10(15)6-8/h1-7,13,17H. The molecule has 2 rings (SSSR count). The molecule has 0 heterocycles. The van der Waals surface area contributed by atoms with Gasteiger partial charge < -0.3 is 5.11 Å². The van der Waals surface area contributed by atoms with Crippen LogP contribution in [0, 0.1) is 0 Å². The minimum Gasteiger partial charge on any atom is -0.384 e. The highest BCUT2D eigenvalue weighted by molar-refractivity contribution is 9.10. The summed E-state index contributed by atoms with van der Waals surface area (Å²) in [6, 6.07) is 12.5. The summed E-state index contributed by atoms with van der Waals surface area (Å²) >= 11 is 15.2. The van der Waals surface area contributed by atoms with Crippen LogP contribution in [-0.2, 0) is 0 Å². The molecule has 0 spiro atoms. The highest BCUT2D eigenvalue weighted by atomic mass is 79.9. The Morgan fingerprint density at radius 1 is 1.00 bits per heavy atom. The number of aliphatic hydroxyl groups is 1. The zero-order valence-electron chi connectivity index (χ0n) is 8.70. The van der Waals surface area contributed by atoms with Crippen LogP contribution in [0.25, 0.3) is 0 Å². The van der Waals surface area contributed by atoms with Crippen molar-refractivity contribution in [1.29, 1.82) is 0 Å². The van der Waals surface area contributed by atoms with Crippen LogP contribution in [0.15, 0.2) is 46.9 Å². The zero-order chi connectivity index (χ0) is 12.4. The van der Waals surface area contributed by atoms with Gasteiger partial charge in [0, 0.05) is 9.50 Å². The zero-order valence-corrected chi connectivity index (χ0v) is 11.8. The second-order valence-electron chi connectivity index (χ2n) is 3.63. The molecule has 4 heteroatoms. The van der Waals surface area contributed by atoms with Gasteiger partial charge in [-0.3, -0.25) is 0 Å². The van der Waals surface area contributed by atoms with E-state index in [1.165, 1.54) is 0 Å². The molecule has 0 fully saturated rings. The summed E-state index contributed by atoms with van der Waals surface area (Å²) in [5, 5.41) is 11.4. The van der Waals surface area contributed by atoms with E-state index in [0.717, 1.165) is 15.6 Å². The van der Waals surface area contributed by atoms with Crippen molar-refractivity contribution in [2.45, 2.75) is 6.10 Å². The van der Waals surface area contributed by atoms with Crippen LogP contribution in [0.2, 0.25) is 10.0 Å². The second kappa shape index (κ2) is 5.40. The van der Waals surface area contributed by atoms with E-state index >= 15 is 0 Å². The molecular formula is C13H9BrCl2O. The van der Waals surface area contributed by atoms with Crippen LogP contribution in [0.3, 0.4) is 0 Å². The van der Waals surface area contributed by atoms with Gasteiger partial charge in [0.05, 0.1) is 5.02 Å². The quantitative estimate of drug-likeness (QED) is 0.835. The van der Waals surface area contributed by atoms with E-state index in [4.69, 9.17) is 23.2 Å². The Kier molecular flexibility index (Phi) is 4.10. The van der Waals surface area contributed by atoms with Crippen LogP contribution in [-0.4, -0.2) is 5.11 Å². The van der Waals surface area contributed by atoms with Gasteiger partial charge in [-0.25, -0.2) is 0 Å². The lowest BCUT2D eigenvalue weighted by Crippen LogP contribution is -1.99. The molecule has 2 aromatic rings. The summed E-state index contributed by atoms with van der Waals surface area (Å²) in [6.45, 7) is 0. The number of rotatable bonds is 2.